The highest BCUT2D eigenvalue weighted by molar-refractivity contribution is 7.92. The fourth-order valence-corrected chi connectivity index (χ4v) is 4.88. The van der Waals surface area contributed by atoms with Crippen LogP contribution in [0.25, 0.3) is 0 Å². The molecule has 2 aromatic rings. The van der Waals surface area contributed by atoms with Crippen LogP contribution < -0.4 is 4.72 Å². The lowest BCUT2D eigenvalue weighted by molar-refractivity contribution is -0.0995. The molecule has 2 aliphatic heterocycles. The van der Waals surface area contributed by atoms with Gasteiger partial charge < -0.3 is 14.4 Å². The molecule has 0 unspecified atom stereocenters. The highest BCUT2D eigenvalue weighted by atomic mass is 35.5. The summed E-state index contributed by atoms with van der Waals surface area (Å²) in [6.45, 7) is 2.41. The summed E-state index contributed by atoms with van der Waals surface area (Å²) in [6, 6.07) is 12.5. The Labute approximate surface area is 174 Å². The first-order valence-electron chi connectivity index (χ1n) is 9.26. The average Bonchev–Trinajstić information content (AvgIpc) is 3.14. The monoisotopic (exact) mass is 436 g/mol. The number of nitrogens with one attached hydrogen (secondary N) is 1. The Bertz CT molecular complexity index is 1020. The van der Waals surface area contributed by atoms with Gasteiger partial charge in [0.1, 0.15) is 5.60 Å². The summed E-state index contributed by atoms with van der Waals surface area (Å²) in [7, 11) is -3.86. The number of halogens is 1. The lowest BCUT2D eigenvalue weighted by Gasteiger charge is -2.39. The molecule has 7 nitrogen and oxygen atoms in total. The van der Waals surface area contributed by atoms with Crippen molar-refractivity contribution in [2.24, 2.45) is 0 Å². The molecular formula is C20H21ClN2O5S. The molecule has 2 fully saturated rings. The second-order valence-electron chi connectivity index (χ2n) is 7.20. The summed E-state index contributed by atoms with van der Waals surface area (Å²) < 4.78 is 39.3. The van der Waals surface area contributed by atoms with E-state index >= 15 is 0 Å². The van der Waals surface area contributed by atoms with Gasteiger partial charge in [0.15, 0.2) is 0 Å². The number of benzene rings is 2. The number of rotatable bonds is 4. The van der Waals surface area contributed by atoms with Gasteiger partial charge in [-0.25, -0.2) is 8.42 Å². The lowest BCUT2D eigenvalue weighted by atomic mass is 10.00. The zero-order chi connectivity index (χ0) is 20.5. The van der Waals surface area contributed by atoms with Crippen LogP contribution >= 0.6 is 11.6 Å². The van der Waals surface area contributed by atoms with Crippen LogP contribution in [-0.4, -0.2) is 57.7 Å². The predicted octanol–water partition coefficient (Wildman–Crippen LogP) is 2.77. The Hall–Kier alpha value is -2.13. The molecule has 0 saturated carbocycles. The van der Waals surface area contributed by atoms with Crippen LogP contribution in [0.1, 0.15) is 16.8 Å². The van der Waals surface area contributed by atoms with Gasteiger partial charge in [-0.1, -0.05) is 23.7 Å². The number of ether oxygens (including phenoxy) is 2. The van der Waals surface area contributed by atoms with E-state index < -0.39 is 15.6 Å². The van der Waals surface area contributed by atoms with Crippen molar-refractivity contribution in [3.63, 3.8) is 0 Å². The molecule has 0 bridgehead atoms. The normalized spacial score (nSPS) is 22.0. The summed E-state index contributed by atoms with van der Waals surface area (Å²) in [6.07, 6.45) is 0.745. The maximum atomic E-state index is 13.0. The molecule has 2 aliphatic rings. The van der Waals surface area contributed by atoms with Crippen LogP contribution in [-0.2, 0) is 19.5 Å². The van der Waals surface area contributed by atoms with Crippen molar-refractivity contribution < 1.29 is 22.7 Å². The minimum absolute atomic E-state index is 0.00972. The van der Waals surface area contributed by atoms with Crippen molar-refractivity contribution >= 4 is 33.2 Å². The number of hydrogen-bond donors (Lipinski definition) is 1. The number of amides is 1. The van der Waals surface area contributed by atoms with Crippen LogP contribution in [0.15, 0.2) is 53.4 Å². The van der Waals surface area contributed by atoms with E-state index in [1.54, 1.807) is 35.2 Å². The van der Waals surface area contributed by atoms with Crippen molar-refractivity contribution in [3.8, 4) is 0 Å². The lowest BCUT2D eigenvalue weighted by Crippen LogP contribution is -2.54. The molecular weight excluding hydrogens is 416 g/mol. The molecule has 29 heavy (non-hydrogen) atoms. The summed E-state index contributed by atoms with van der Waals surface area (Å²) in [5.74, 6) is -0.223. The Kier molecular flexibility index (Phi) is 5.52. The highest BCUT2D eigenvalue weighted by Gasteiger charge is 2.41. The second kappa shape index (κ2) is 7.95. The third-order valence-electron chi connectivity index (χ3n) is 5.07. The number of sulfonamides is 1. The molecule has 0 radical (unpaired) electrons. The van der Waals surface area contributed by atoms with Crippen molar-refractivity contribution in [1.29, 1.82) is 0 Å². The molecule has 1 amide bonds. The van der Waals surface area contributed by atoms with Crippen LogP contribution in [0, 0.1) is 0 Å². The minimum atomic E-state index is -3.86. The molecule has 0 aromatic heterocycles. The van der Waals surface area contributed by atoms with E-state index in [0.717, 1.165) is 6.42 Å². The summed E-state index contributed by atoms with van der Waals surface area (Å²) in [4.78, 5) is 14.7. The average molecular weight is 437 g/mol. The molecule has 2 heterocycles. The Balaban J connectivity index is 1.54. The van der Waals surface area contributed by atoms with Crippen molar-refractivity contribution in [1.82, 2.24) is 4.90 Å². The van der Waals surface area contributed by atoms with E-state index in [4.69, 9.17) is 21.1 Å². The van der Waals surface area contributed by atoms with Gasteiger partial charge in [-0.05, 0) is 36.4 Å². The number of anilines is 1. The van der Waals surface area contributed by atoms with Gasteiger partial charge >= 0.3 is 0 Å². The smallest absolute Gasteiger partial charge is 0.261 e. The van der Waals surface area contributed by atoms with Gasteiger partial charge in [-0.2, -0.15) is 0 Å². The molecule has 0 aliphatic carbocycles. The first kappa shape index (κ1) is 20.2. The van der Waals surface area contributed by atoms with E-state index in [2.05, 4.69) is 4.72 Å². The first-order valence-corrected chi connectivity index (χ1v) is 11.1. The van der Waals surface area contributed by atoms with Crippen LogP contribution in [0.2, 0.25) is 5.02 Å². The summed E-state index contributed by atoms with van der Waals surface area (Å²) in [5.41, 5.74) is 0.214. The third-order valence-corrected chi connectivity index (χ3v) is 6.68. The number of carbonyl (C=O) groups excluding carboxylic acids is 1. The standard InChI is InChI=1S/C20H21ClN2O5S/c21-16-4-2-5-17(12-16)22-29(25,26)18-6-1-3-15(11-18)19(24)23-8-10-28-20(13-23)7-9-27-14-20/h1-6,11-12,22H,7-10,13-14H2/t20-/m1/s1. The van der Waals surface area contributed by atoms with Crippen molar-refractivity contribution in [2.75, 3.05) is 37.6 Å². The van der Waals surface area contributed by atoms with E-state index in [0.29, 0.717) is 49.2 Å². The topological polar surface area (TPSA) is 84.9 Å². The van der Waals surface area contributed by atoms with Gasteiger partial charge in [0.05, 0.1) is 30.3 Å². The third kappa shape index (κ3) is 4.40. The highest BCUT2D eigenvalue weighted by Crippen LogP contribution is 2.28. The molecule has 1 N–H and O–H groups in total. The molecule has 9 heteroatoms. The molecule has 2 aromatic carbocycles. The quantitative estimate of drug-likeness (QED) is 0.796. The zero-order valence-corrected chi connectivity index (χ0v) is 17.2. The fourth-order valence-electron chi connectivity index (χ4n) is 3.59. The Morgan fingerprint density at radius 1 is 1.14 bits per heavy atom. The van der Waals surface area contributed by atoms with Crippen LogP contribution in [0.4, 0.5) is 5.69 Å². The molecule has 2 saturated heterocycles. The molecule has 1 spiro atoms. The van der Waals surface area contributed by atoms with Crippen molar-refractivity contribution in [3.05, 3.63) is 59.1 Å². The number of morpholine rings is 1. The largest absolute Gasteiger partial charge is 0.378 e. The van der Waals surface area contributed by atoms with E-state index in [9.17, 15) is 13.2 Å². The zero-order valence-electron chi connectivity index (χ0n) is 15.6. The summed E-state index contributed by atoms with van der Waals surface area (Å²) >= 11 is 5.92. The number of hydrogen-bond acceptors (Lipinski definition) is 5. The number of nitrogens with zero attached hydrogens (tertiary/aromatic N) is 1. The Morgan fingerprint density at radius 3 is 2.72 bits per heavy atom. The molecule has 154 valence electrons. The maximum Gasteiger partial charge on any atom is 0.261 e. The maximum absolute atomic E-state index is 13.0. The minimum Gasteiger partial charge on any atom is -0.378 e. The Morgan fingerprint density at radius 2 is 1.97 bits per heavy atom. The SMILES string of the molecule is O=C(c1cccc(S(=O)(=O)Nc2cccc(Cl)c2)c1)N1CCO[C@]2(CCOC2)C1. The van der Waals surface area contributed by atoms with Gasteiger partial charge in [0, 0.05) is 30.2 Å². The molecule has 4 rings (SSSR count). The van der Waals surface area contributed by atoms with E-state index in [1.165, 1.54) is 18.2 Å². The van der Waals surface area contributed by atoms with Crippen molar-refractivity contribution in [2.45, 2.75) is 16.9 Å². The van der Waals surface area contributed by atoms with Gasteiger partial charge in [0.2, 0.25) is 0 Å². The van der Waals surface area contributed by atoms with Crippen LogP contribution in [0.5, 0.6) is 0 Å². The van der Waals surface area contributed by atoms with Gasteiger partial charge in [-0.15, -0.1) is 0 Å². The van der Waals surface area contributed by atoms with E-state index in [-0.39, 0.29) is 10.8 Å². The van der Waals surface area contributed by atoms with E-state index in [1.807, 2.05) is 0 Å². The first-order chi connectivity index (χ1) is 13.9. The van der Waals surface area contributed by atoms with Crippen LogP contribution in [0.3, 0.4) is 0 Å². The predicted molar refractivity (Wildman–Crippen MR) is 109 cm³/mol. The number of carbonyl (C=O) groups is 1. The summed E-state index contributed by atoms with van der Waals surface area (Å²) in [5, 5.41) is 0.422. The van der Waals surface area contributed by atoms with Gasteiger partial charge in [0.25, 0.3) is 15.9 Å². The fraction of sp³-hybridized carbons (Fsp3) is 0.350. The van der Waals surface area contributed by atoms with Gasteiger partial charge in [-0.3, -0.25) is 9.52 Å². The molecule has 1 atom stereocenters. The second-order valence-corrected chi connectivity index (χ2v) is 9.32.